The normalized spacial score (nSPS) is 20.0. The van der Waals surface area contributed by atoms with Gasteiger partial charge in [0.15, 0.2) is 11.5 Å². The highest BCUT2D eigenvalue weighted by Crippen LogP contribution is 2.36. The number of carbonyl (C=O) groups is 1. The molecule has 2 aliphatic heterocycles. The Balaban J connectivity index is 1.59. The maximum absolute atomic E-state index is 12.7. The van der Waals surface area contributed by atoms with Crippen LogP contribution in [0.25, 0.3) is 0 Å². The highest BCUT2D eigenvalue weighted by molar-refractivity contribution is 5.98. The van der Waals surface area contributed by atoms with Crippen LogP contribution in [0.4, 0.5) is 0 Å². The fraction of sp³-hybridized carbons (Fsp3) is 0.588. The zero-order valence-corrected chi connectivity index (χ0v) is 13.2. The van der Waals surface area contributed by atoms with E-state index in [1.165, 1.54) is 0 Å². The Morgan fingerprint density at radius 3 is 3.09 bits per heavy atom. The molecule has 5 nitrogen and oxygen atoms in total. The minimum absolute atomic E-state index is 0.00249. The number of amides is 1. The Bertz CT molecular complexity index is 543. The van der Waals surface area contributed by atoms with Crippen molar-refractivity contribution < 1.29 is 19.0 Å². The molecule has 1 saturated heterocycles. The number of benzene rings is 1. The number of carbonyl (C=O) groups excluding carboxylic acids is 1. The smallest absolute Gasteiger partial charge is 0.257 e. The topological polar surface area (TPSA) is 48.0 Å². The molecule has 0 bridgehead atoms. The van der Waals surface area contributed by atoms with E-state index in [9.17, 15) is 4.79 Å². The highest BCUT2D eigenvalue weighted by Gasteiger charge is 2.31. The van der Waals surface area contributed by atoms with Crippen LogP contribution < -0.4 is 9.47 Å². The molecule has 5 heteroatoms. The number of fused-ring (bicyclic) bond motifs is 1. The summed E-state index contributed by atoms with van der Waals surface area (Å²) in [5.41, 5.74) is 0.581. The fourth-order valence-corrected chi connectivity index (χ4v) is 2.79. The van der Waals surface area contributed by atoms with Crippen molar-refractivity contribution in [3.63, 3.8) is 0 Å². The van der Waals surface area contributed by atoms with Gasteiger partial charge in [0, 0.05) is 19.7 Å². The second-order valence-corrected chi connectivity index (χ2v) is 6.25. The van der Waals surface area contributed by atoms with Gasteiger partial charge >= 0.3 is 0 Å². The number of hydrogen-bond acceptors (Lipinski definition) is 4. The Labute approximate surface area is 131 Å². The van der Waals surface area contributed by atoms with Crippen molar-refractivity contribution in [2.45, 2.75) is 32.8 Å². The van der Waals surface area contributed by atoms with Crippen molar-refractivity contribution in [3.05, 3.63) is 23.8 Å². The van der Waals surface area contributed by atoms with Gasteiger partial charge in [0.2, 0.25) is 6.79 Å². The summed E-state index contributed by atoms with van der Waals surface area (Å²) in [6, 6.07) is 5.44. The van der Waals surface area contributed by atoms with E-state index >= 15 is 0 Å². The maximum Gasteiger partial charge on any atom is 0.257 e. The molecular weight excluding hydrogens is 282 g/mol. The lowest BCUT2D eigenvalue weighted by atomic mass is 10.1. The van der Waals surface area contributed by atoms with Crippen LogP contribution in [0.5, 0.6) is 11.5 Å². The van der Waals surface area contributed by atoms with Gasteiger partial charge in [-0.25, -0.2) is 0 Å². The summed E-state index contributed by atoms with van der Waals surface area (Å²) in [4.78, 5) is 14.5. The molecule has 3 rings (SSSR count). The van der Waals surface area contributed by atoms with Crippen LogP contribution in [0.3, 0.4) is 0 Å². The van der Waals surface area contributed by atoms with Crippen molar-refractivity contribution in [2.24, 2.45) is 5.92 Å². The van der Waals surface area contributed by atoms with Gasteiger partial charge in [-0.15, -0.1) is 0 Å². The summed E-state index contributed by atoms with van der Waals surface area (Å²) >= 11 is 0. The predicted molar refractivity (Wildman–Crippen MR) is 82.3 cm³/mol. The Morgan fingerprint density at radius 1 is 1.41 bits per heavy atom. The van der Waals surface area contributed by atoms with Crippen LogP contribution in [0, 0.1) is 5.92 Å². The minimum atomic E-state index is -0.00249. The molecule has 1 fully saturated rings. The van der Waals surface area contributed by atoms with E-state index in [1.807, 2.05) is 17.0 Å². The SMILES string of the molecule is CC(C)CCO[C@@H]1CCN(C(=O)c2cccc3c2OCO3)C1. The molecule has 0 N–H and O–H groups in total. The average Bonchev–Trinajstić information content (AvgIpc) is 3.14. The molecule has 0 unspecified atom stereocenters. The molecule has 0 aromatic heterocycles. The maximum atomic E-state index is 12.7. The molecule has 2 aliphatic rings. The van der Waals surface area contributed by atoms with E-state index in [1.54, 1.807) is 6.07 Å². The summed E-state index contributed by atoms with van der Waals surface area (Å²) in [6.07, 6.45) is 2.11. The lowest BCUT2D eigenvalue weighted by molar-refractivity contribution is 0.0483. The third-order valence-corrected chi connectivity index (χ3v) is 4.11. The monoisotopic (exact) mass is 305 g/mol. The van der Waals surface area contributed by atoms with Crippen LogP contribution in [-0.4, -0.2) is 43.4 Å². The minimum Gasteiger partial charge on any atom is -0.454 e. The molecular formula is C17H23NO4. The number of nitrogens with zero attached hydrogens (tertiary/aromatic N) is 1. The van der Waals surface area contributed by atoms with Crippen LogP contribution in [0.2, 0.25) is 0 Å². The first-order chi connectivity index (χ1) is 10.6. The largest absolute Gasteiger partial charge is 0.454 e. The first kappa shape index (κ1) is 15.2. The molecule has 1 aromatic carbocycles. The van der Waals surface area contributed by atoms with Crippen LogP contribution in [-0.2, 0) is 4.74 Å². The third-order valence-electron chi connectivity index (χ3n) is 4.11. The van der Waals surface area contributed by atoms with Gasteiger partial charge in [-0.2, -0.15) is 0 Å². The van der Waals surface area contributed by atoms with Crippen molar-refractivity contribution in [1.29, 1.82) is 0 Å². The van der Waals surface area contributed by atoms with E-state index in [-0.39, 0.29) is 18.8 Å². The quantitative estimate of drug-likeness (QED) is 0.839. The summed E-state index contributed by atoms with van der Waals surface area (Å²) < 4.78 is 16.6. The number of ether oxygens (including phenoxy) is 3. The standard InChI is InChI=1S/C17H23NO4/c1-12(2)7-9-20-13-6-8-18(10-13)17(19)14-4-3-5-15-16(14)22-11-21-15/h3-5,12-13H,6-11H2,1-2H3/t13-/m1/s1. The van der Waals surface area contributed by atoms with E-state index in [4.69, 9.17) is 14.2 Å². The van der Waals surface area contributed by atoms with Crippen molar-refractivity contribution in [3.8, 4) is 11.5 Å². The van der Waals surface area contributed by atoms with Gasteiger partial charge in [0.25, 0.3) is 5.91 Å². The van der Waals surface area contributed by atoms with E-state index in [0.29, 0.717) is 29.5 Å². The molecule has 22 heavy (non-hydrogen) atoms. The summed E-state index contributed by atoms with van der Waals surface area (Å²) in [7, 11) is 0. The zero-order chi connectivity index (χ0) is 15.5. The summed E-state index contributed by atoms with van der Waals surface area (Å²) in [6.45, 7) is 6.71. The number of likely N-dealkylation sites (tertiary alicyclic amines) is 1. The second kappa shape index (κ2) is 6.57. The van der Waals surface area contributed by atoms with Crippen LogP contribution in [0.15, 0.2) is 18.2 Å². The fourth-order valence-electron chi connectivity index (χ4n) is 2.79. The molecule has 0 aliphatic carbocycles. The van der Waals surface area contributed by atoms with Crippen molar-refractivity contribution in [2.75, 3.05) is 26.5 Å². The molecule has 0 spiro atoms. The molecule has 120 valence electrons. The lowest BCUT2D eigenvalue weighted by Crippen LogP contribution is -2.30. The first-order valence-electron chi connectivity index (χ1n) is 7.94. The first-order valence-corrected chi connectivity index (χ1v) is 7.94. The number of rotatable bonds is 5. The Hall–Kier alpha value is -1.75. The number of hydrogen-bond donors (Lipinski definition) is 0. The molecule has 0 saturated carbocycles. The van der Waals surface area contributed by atoms with E-state index < -0.39 is 0 Å². The highest BCUT2D eigenvalue weighted by atomic mass is 16.7. The van der Waals surface area contributed by atoms with Gasteiger partial charge in [0.05, 0.1) is 11.7 Å². The Morgan fingerprint density at radius 2 is 2.27 bits per heavy atom. The van der Waals surface area contributed by atoms with E-state index in [2.05, 4.69) is 13.8 Å². The van der Waals surface area contributed by atoms with Crippen molar-refractivity contribution >= 4 is 5.91 Å². The summed E-state index contributed by atoms with van der Waals surface area (Å²) in [5.74, 6) is 1.85. The van der Waals surface area contributed by atoms with Crippen LogP contribution >= 0.6 is 0 Å². The predicted octanol–water partition coefficient (Wildman–Crippen LogP) is 2.69. The van der Waals surface area contributed by atoms with Crippen LogP contribution in [0.1, 0.15) is 37.0 Å². The third kappa shape index (κ3) is 3.19. The second-order valence-electron chi connectivity index (χ2n) is 6.25. The van der Waals surface area contributed by atoms with Gasteiger partial charge in [-0.05, 0) is 30.9 Å². The molecule has 1 atom stereocenters. The molecule has 1 aromatic rings. The van der Waals surface area contributed by atoms with Gasteiger partial charge in [-0.3, -0.25) is 4.79 Å². The van der Waals surface area contributed by atoms with Gasteiger partial charge in [-0.1, -0.05) is 19.9 Å². The van der Waals surface area contributed by atoms with Gasteiger partial charge in [0.1, 0.15) is 0 Å². The molecule has 1 amide bonds. The molecule has 0 radical (unpaired) electrons. The van der Waals surface area contributed by atoms with E-state index in [0.717, 1.165) is 26.0 Å². The van der Waals surface area contributed by atoms with Crippen molar-refractivity contribution in [1.82, 2.24) is 4.90 Å². The Kier molecular flexibility index (Phi) is 4.52. The lowest BCUT2D eigenvalue weighted by Gasteiger charge is -2.18. The number of para-hydroxylation sites is 1. The average molecular weight is 305 g/mol. The molecule has 2 heterocycles. The van der Waals surface area contributed by atoms with Gasteiger partial charge < -0.3 is 19.1 Å². The summed E-state index contributed by atoms with van der Waals surface area (Å²) in [5, 5.41) is 0. The zero-order valence-electron chi connectivity index (χ0n) is 13.2.